The van der Waals surface area contributed by atoms with Crippen LogP contribution in [-0.2, 0) is 0 Å². The Bertz CT molecular complexity index is 626. The monoisotopic (exact) mass is 351 g/mol. The zero-order chi connectivity index (χ0) is 15.0. The predicted octanol–water partition coefficient (Wildman–Crippen LogP) is 1.15. The van der Waals surface area contributed by atoms with Crippen molar-refractivity contribution >= 4 is 27.6 Å². The molecule has 0 amide bonds. The number of anilines is 2. The van der Waals surface area contributed by atoms with Crippen LogP contribution in [0.5, 0.6) is 0 Å². The van der Waals surface area contributed by atoms with Crippen molar-refractivity contribution in [3.63, 3.8) is 0 Å². The maximum Gasteiger partial charge on any atom is 0.254 e. The van der Waals surface area contributed by atoms with E-state index in [1.54, 1.807) is 17.1 Å². The first-order chi connectivity index (χ1) is 10.1. The maximum absolute atomic E-state index is 6.01. The predicted molar refractivity (Wildman–Crippen MR) is 85.6 cm³/mol. The van der Waals surface area contributed by atoms with E-state index in [0.717, 1.165) is 29.8 Å². The van der Waals surface area contributed by atoms with E-state index < -0.39 is 0 Å². The number of nitrogens with two attached hydrogens (primary N) is 1. The molecule has 3 rings (SSSR count). The van der Waals surface area contributed by atoms with Crippen molar-refractivity contribution in [3.8, 4) is 5.95 Å². The molecule has 2 aromatic heterocycles. The molecule has 0 aliphatic carbocycles. The third-order valence-electron chi connectivity index (χ3n) is 3.75. The van der Waals surface area contributed by atoms with Gasteiger partial charge in [-0.25, -0.2) is 4.68 Å². The zero-order valence-corrected chi connectivity index (χ0v) is 13.7. The maximum atomic E-state index is 6.01. The second-order valence-corrected chi connectivity index (χ2v) is 6.14. The Morgan fingerprint density at radius 2 is 2.19 bits per heavy atom. The first kappa shape index (κ1) is 14.3. The minimum Gasteiger partial charge on any atom is -0.383 e. The molecule has 1 atom stereocenters. The fourth-order valence-electron chi connectivity index (χ4n) is 2.49. The SMILES string of the molecule is CN(C)C1CCN(c2nc(-n3cccn3)nc(N)c2Br)C1. The normalized spacial score (nSPS) is 18.7. The summed E-state index contributed by atoms with van der Waals surface area (Å²) in [6.07, 6.45) is 4.61. The summed E-state index contributed by atoms with van der Waals surface area (Å²) < 4.78 is 2.36. The molecule has 7 nitrogen and oxygen atoms in total. The molecule has 0 bridgehead atoms. The highest BCUT2D eigenvalue weighted by atomic mass is 79.9. The lowest BCUT2D eigenvalue weighted by Crippen LogP contribution is -2.32. The third kappa shape index (κ3) is 2.73. The van der Waals surface area contributed by atoms with Crippen LogP contribution >= 0.6 is 15.9 Å². The van der Waals surface area contributed by atoms with Gasteiger partial charge < -0.3 is 15.5 Å². The number of nitrogens with zero attached hydrogens (tertiary/aromatic N) is 6. The van der Waals surface area contributed by atoms with Gasteiger partial charge in [-0.05, 0) is 42.5 Å². The molecule has 3 heterocycles. The largest absolute Gasteiger partial charge is 0.383 e. The highest BCUT2D eigenvalue weighted by molar-refractivity contribution is 9.10. The van der Waals surface area contributed by atoms with E-state index in [1.165, 1.54) is 0 Å². The Kier molecular flexibility index (Phi) is 3.81. The van der Waals surface area contributed by atoms with Gasteiger partial charge in [-0.1, -0.05) is 0 Å². The first-order valence-electron chi connectivity index (χ1n) is 6.80. The van der Waals surface area contributed by atoms with Crippen molar-refractivity contribution in [2.75, 3.05) is 37.8 Å². The van der Waals surface area contributed by atoms with Crippen LogP contribution in [0, 0.1) is 0 Å². The summed E-state index contributed by atoms with van der Waals surface area (Å²) >= 11 is 3.51. The Hall–Kier alpha value is -1.67. The van der Waals surface area contributed by atoms with Crippen LogP contribution in [0.2, 0.25) is 0 Å². The molecule has 0 aromatic carbocycles. The molecule has 0 saturated carbocycles. The second kappa shape index (κ2) is 5.61. The van der Waals surface area contributed by atoms with Crippen LogP contribution in [0.3, 0.4) is 0 Å². The summed E-state index contributed by atoms with van der Waals surface area (Å²) in [4.78, 5) is 13.4. The minimum absolute atomic E-state index is 0.429. The highest BCUT2D eigenvalue weighted by Gasteiger charge is 2.27. The van der Waals surface area contributed by atoms with E-state index in [2.05, 4.69) is 54.9 Å². The Labute approximate surface area is 131 Å². The molecule has 2 N–H and O–H groups in total. The smallest absolute Gasteiger partial charge is 0.254 e. The number of nitrogen functional groups attached to an aromatic ring is 1. The molecule has 0 radical (unpaired) electrons. The van der Waals surface area contributed by atoms with Crippen LogP contribution < -0.4 is 10.6 Å². The molecule has 112 valence electrons. The standard InChI is InChI=1S/C13H18BrN7/c1-19(2)9-4-7-20(8-9)12-10(14)11(15)17-13(18-12)21-6-3-5-16-21/h3,5-6,9H,4,7-8H2,1-2H3,(H2,15,17,18). The van der Waals surface area contributed by atoms with E-state index in [9.17, 15) is 0 Å². The van der Waals surface area contributed by atoms with Gasteiger partial charge in [0.2, 0.25) is 0 Å². The molecule has 1 aliphatic heterocycles. The van der Waals surface area contributed by atoms with Crippen molar-refractivity contribution in [1.82, 2.24) is 24.6 Å². The van der Waals surface area contributed by atoms with Crippen molar-refractivity contribution in [3.05, 3.63) is 22.9 Å². The van der Waals surface area contributed by atoms with Crippen molar-refractivity contribution < 1.29 is 0 Å². The van der Waals surface area contributed by atoms with Crippen LogP contribution in [0.15, 0.2) is 22.9 Å². The molecule has 1 fully saturated rings. The molecular formula is C13H18BrN7. The fraction of sp³-hybridized carbons (Fsp3) is 0.462. The average Bonchev–Trinajstić information content (AvgIpc) is 3.11. The van der Waals surface area contributed by atoms with Gasteiger partial charge in [-0.15, -0.1) is 0 Å². The van der Waals surface area contributed by atoms with Gasteiger partial charge in [0, 0.05) is 31.5 Å². The van der Waals surface area contributed by atoms with Gasteiger partial charge in [0.05, 0.1) is 0 Å². The number of rotatable bonds is 3. The number of hydrogen-bond acceptors (Lipinski definition) is 6. The van der Waals surface area contributed by atoms with E-state index in [1.807, 2.05) is 6.07 Å². The summed E-state index contributed by atoms with van der Waals surface area (Å²) in [6, 6.07) is 2.36. The molecule has 21 heavy (non-hydrogen) atoms. The molecular weight excluding hydrogens is 334 g/mol. The lowest BCUT2D eigenvalue weighted by molar-refractivity contribution is 0.315. The summed E-state index contributed by atoms with van der Waals surface area (Å²) in [5.74, 6) is 1.75. The van der Waals surface area contributed by atoms with E-state index in [0.29, 0.717) is 17.8 Å². The summed E-state index contributed by atoms with van der Waals surface area (Å²) in [6.45, 7) is 1.89. The quantitative estimate of drug-likeness (QED) is 0.893. The van der Waals surface area contributed by atoms with Gasteiger partial charge in [0.25, 0.3) is 5.95 Å². The third-order valence-corrected chi connectivity index (χ3v) is 4.51. The molecule has 2 aromatic rings. The van der Waals surface area contributed by atoms with E-state index in [-0.39, 0.29) is 0 Å². The molecule has 1 unspecified atom stereocenters. The lowest BCUT2D eigenvalue weighted by atomic mass is 10.2. The van der Waals surface area contributed by atoms with Crippen LogP contribution in [0.25, 0.3) is 5.95 Å². The number of halogens is 1. The zero-order valence-electron chi connectivity index (χ0n) is 12.1. The van der Waals surface area contributed by atoms with E-state index in [4.69, 9.17) is 5.73 Å². The fourth-order valence-corrected chi connectivity index (χ4v) is 2.92. The van der Waals surface area contributed by atoms with Crippen LogP contribution in [-0.4, -0.2) is 57.9 Å². The Morgan fingerprint density at radius 3 is 2.81 bits per heavy atom. The van der Waals surface area contributed by atoms with Gasteiger partial charge in [-0.2, -0.15) is 15.1 Å². The van der Waals surface area contributed by atoms with E-state index >= 15 is 0 Å². The van der Waals surface area contributed by atoms with Crippen molar-refractivity contribution in [2.24, 2.45) is 0 Å². The van der Waals surface area contributed by atoms with Gasteiger partial charge in [0.15, 0.2) is 5.82 Å². The van der Waals surface area contributed by atoms with Gasteiger partial charge in [0.1, 0.15) is 10.3 Å². The van der Waals surface area contributed by atoms with Gasteiger partial charge >= 0.3 is 0 Å². The molecule has 1 saturated heterocycles. The molecule has 1 aliphatic rings. The van der Waals surface area contributed by atoms with Crippen molar-refractivity contribution in [2.45, 2.75) is 12.5 Å². The minimum atomic E-state index is 0.429. The molecule has 0 spiro atoms. The van der Waals surface area contributed by atoms with Gasteiger partial charge in [-0.3, -0.25) is 0 Å². The number of aromatic nitrogens is 4. The Morgan fingerprint density at radius 1 is 1.38 bits per heavy atom. The highest BCUT2D eigenvalue weighted by Crippen LogP contribution is 2.32. The molecule has 8 heteroatoms. The average molecular weight is 352 g/mol. The number of hydrogen-bond donors (Lipinski definition) is 1. The summed E-state index contributed by atoms with van der Waals surface area (Å²) in [5, 5.41) is 4.16. The summed E-state index contributed by atoms with van der Waals surface area (Å²) in [5.41, 5.74) is 6.01. The topological polar surface area (TPSA) is 76.1 Å². The van der Waals surface area contributed by atoms with Crippen LogP contribution in [0.1, 0.15) is 6.42 Å². The summed E-state index contributed by atoms with van der Waals surface area (Å²) in [7, 11) is 4.21. The number of likely N-dealkylation sites (N-methyl/N-ethyl adjacent to an activating group) is 1. The van der Waals surface area contributed by atoms with Crippen LogP contribution in [0.4, 0.5) is 11.6 Å². The first-order valence-corrected chi connectivity index (χ1v) is 7.60. The van der Waals surface area contributed by atoms with Crippen molar-refractivity contribution in [1.29, 1.82) is 0 Å². The Balaban J connectivity index is 1.95. The lowest BCUT2D eigenvalue weighted by Gasteiger charge is -2.22. The second-order valence-electron chi connectivity index (χ2n) is 5.35.